The highest BCUT2D eigenvalue weighted by molar-refractivity contribution is 5.00. The molecule has 2 bridgehead atoms. The monoisotopic (exact) mass is 126 g/mol. The first kappa shape index (κ1) is 5.69. The second-order valence-electron chi connectivity index (χ2n) is 3.17. The van der Waals surface area contributed by atoms with E-state index >= 15 is 0 Å². The molecule has 2 fully saturated rings. The number of likely N-dealkylation sites (N-methyl/N-ethyl adjacent to an activating group) is 1. The topological polar surface area (TPSA) is 24.1 Å². The lowest BCUT2D eigenvalue weighted by Gasteiger charge is -2.11. The molecule has 1 saturated carbocycles. The Hall–Kier alpha value is -0.0800. The molecule has 0 aromatic rings. The van der Waals surface area contributed by atoms with Gasteiger partial charge in [-0.05, 0) is 32.4 Å². The Morgan fingerprint density at radius 1 is 1.44 bits per heavy atom. The molecule has 9 heavy (non-hydrogen) atoms. The summed E-state index contributed by atoms with van der Waals surface area (Å²) in [5, 5.41) is 6.86. The summed E-state index contributed by atoms with van der Waals surface area (Å²) in [6.45, 7) is 1.25. The van der Waals surface area contributed by atoms with E-state index in [0.717, 1.165) is 18.0 Å². The Labute approximate surface area is 56.0 Å². The lowest BCUT2D eigenvalue weighted by molar-refractivity contribution is 0.486. The lowest BCUT2D eigenvalue weighted by atomic mass is 10.1. The fraction of sp³-hybridized carbons (Fsp3) is 1.00. The molecule has 2 heteroatoms. The molecule has 1 aliphatic heterocycles. The Morgan fingerprint density at radius 2 is 2.33 bits per heavy atom. The molecule has 2 aliphatic rings. The zero-order valence-corrected chi connectivity index (χ0v) is 5.85. The summed E-state index contributed by atoms with van der Waals surface area (Å²) in [5.41, 5.74) is 0. The van der Waals surface area contributed by atoms with Gasteiger partial charge in [0.15, 0.2) is 0 Å². The van der Waals surface area contributed by atoms with Crippen LogP contribution in [0, 0.1) is 5.92 Å². The van der Waals surface area contributed by atoms with Gasteiger partial charge in [-0.15, -0.1) is 0 Å². The molecule has 0 spiro atoms. The maximum atomic E-state index is 3.49. The van der Waals surface area contributed by atoms with Crippen LogP contribution < -0.4 is 10.6 Å². The van der Waals surface area contributed by atoms with Crippen LogP contribution in [-0.4, -0.2) is 25.7 Å². The van der Waals surface area contributed by atoms with Crippen molar-refractivity contribution in [2.24, 2.45) is 5.92 Å². The molecule has 1 saturated heterocycles. The Morgan fingerprint density at radius 3 is 2.56 bits per heavy atom. The first-order valence-electron chi connectivity index (χ1n) is 3.82. The standard InChI is InChI=1S/C7H14N2/c1-8-7-5-2-3-6(7)9-4-5/h5-9H,2-4H2,1H3. The third kappa shape index (κ3) is 0.700. The molecule has 0 amide bonds. The normalized spacial score (nSPS) is 48.3. The molecule has 3 atom stereocenters. The smallest absolute Gasteiger partial charge is 0.0258 e. The van der Waals surface area contributed by atoms with E-state index in [4.69, 9.17) is 0 Å². The van der Waals surface area contributed by atoms with Crippen LogP contribution in [0.3, 0.4) is 0 Å². The molecule has 1 aliphatic carbocycles. The lowest BCUT2D eigenvalue weighted by Crippen LogP contribution is -2.36. The van der Waals surface area contributed by atoms with Gasteiger partial charge in [-0.1, -0.05) is 0 Å². The number of hydrogen-bond acceptors (Lipinski definition) is 2. The van der Waals surface area contributed by atoms with Crippen LogP contribution in [0.2, 0.25) is 0 Å². The van der Waals surface area contributed by atoms with Gasteiger partial charge in [-0.2, -0.15) is 0 Å². The van der Waals surface area contributed by atoms with Crippen LogP contribution in [0.4, 0.5) is 0 Å². The van der Waals surface area contributed by atoms with Crippen LogP contribution in [-0.2, 0) is 0 Å². The summed E-state index contributed by atoms with van der Waals surface area (Å²) < 4.78 is 0. The Balaban J connectivity index is 2.08. The third-order valence-corrected chi connectivity index (χ3v) is 2.77. The van der Waals surface area contributed by atoms with Crippen molar-refractivity contribution >= 4 is 0 Å². The average Bonchev–Trinajstić information content (AvgIpc) is 2.44. The highest BCUT2D eigenvalue weighted by atomic mass is 15.1. The van der Waals surface area contributed by atoms with Crippen molar-refractivity contribution in [3.63, 3.8) is 0 Å². The van der Waals surface area contributed by atoms with E-state index in [0.29, 0.717) is 0 Å². The second kappa shape index (κ2) is 1.96. The van der Waals surface area contributed by atoms with Crippen LogP contribution in [0.15, 0.2) is 0 Å². The van der Waals surface area contributed by atoms with E-state index in [1.807, 2.05) is 0 Å². The number of rotatable bonds is 1. The summed E-state index contributed by atoms with van der Waals surface area (Å²) in [7, 11) is 2.07. The van der Waals surface area contributed by atoms with Crippen molar-refractivity contribution < 1.29 is 0 Å². The molecule has 1 heterocycles. The first-order valence-corrected chi connectivity index (χ1v) is 3.82. The minimum Gasteiger partial charge on any atom is -0.315 e. The molecule has 0 aromatic carbocycles. The van der Waals surface area contributed by atoms with Gasteiger partial charge in [0.25, 0.3) is 0 Å². The number of nitrogens with one attached hydrogen (secondary N) is 2. The molecule has 0 aromatic heterocycles. The van der Waals surface area contributed by atoms with Crippen LogP contribution in [0.5, 0.6) is 0 Å². The molecule has 2 rings (SSSR count). The van der Waals surface area contributed by atoms with Crippen LogP contribution in [0.1, 0.15) is 12.8 Å². The molecule has 3 unspecified atom stereocenters. The Kier molecular flexibility index (Phi) is 1.24. The van der Waals surface area contributed by atoms with Gasteiger partial charge in [0.1, 0.15) is 0 Å². The van der Waals surface area contributed by atoms with Gasteiger partial charge in [0, 0.05) is 12.1 Å². The summed E-state index contributed by atoms with van der Waals surface area (Å²) >= 11 is 0. The molecule has 52 valence electrons. The average molecular weight is 126 g/mol. The van der Waals surface area contributed by atoms with Gasteiger partial charge in [0.2, 0.25) is 0 Å². The number of fused-ring (bicyclic) bond motifs is 2. The minimum absolute atomic E-state index is 0.782. The van der Waals surface area contributed by atoms with Crippen molar-refractivity contribution in [2.45, 2.75) is 24.9 Å². The Bertz CT molecular complexity index is 93.5. The fourth-order valence-corrected chi connectivity index (χ4v) is 2.28. The van der Waals surface area contributed by atoms with E-state index in [-0.39, 0.29) is 0 Å². The van der Waals surface area contributed by atoms with E-state index in [1.54, 1.807) is 0 Å². The van der Waals surface area contributed by atoms with Crippen molar-refractivity contribution in [3.05, 3.63) is 0 Å². The molecular weight excluding hydrogens is 112 g/mol. The third-order valence-electron chi connectivity index (χ3n) is 2.77. The fourth-order valence-electron chi connectivity index (χ4n) is 2.28. The molecular formula is C7H14N2. The largest absolute Gasteiger partial charge is 0.315 e. The maximum absolute atomic E-state index is 3.49. The molecule has 2 N–H and O–H groups in total. The first-order chi connectivity index (χ1) is 4.42. The van der Waals surface area contributed by atoms with Crippen LogP contribution >= 0.6 is 0 Å². The summed E-state index contributed by atoms with van der Waals surface area (Å²) in [6.07, 6.45) is 2.82. The zero-order chi connectivity index (χ0) is 6.27. The van der Waals surface area contributed by atoms with Crippen LogP contribution in [0.25, 0.3) is 0 Å². The van der Waals surface area contributed by atoms with Gasteiger partial charge >= 0.3 is 0 Å². The van der Waals surface area contributed by atoms with Crippen molar-refractivity contribution in [2.75, 3.05) is 13.6 Å². The summed E-state index contributed by atoms with van der Waals surface area (Å²) in [5.74, 6) is 0.931. The van der Waals surface area contributed by atoms with Gasteiger partial charge in [-0.3, -0.25) is 0 Å². The zero-order valence-electron chi connectivity index (χ0n) is 5.85. The molecule has 0 radical (unpaired) electrons. The second-order valence-corrected chi connectivity index (χ2v) is 3.17. The van der Waals surface area contributed by atoms with Crippen molar-refractivity contribution in [3.8, 4) is 0 Å². The minimum atomic E-state index is 0.782. The predicted octanol–water partition coefficient (Wildman–Crippen LogP) is -0.0438. The van der Waals surface area contributed by atoms with Gasteiger partial charge in [0.05, 0.1) is 0 Å². The van der Waals surface area contributed by atoms with Crippen molar-refractivity contribution in [1.82, 2.24) is 10.6 Å². The quantitative estimate of drug-likeness (QED) is 0.515. The summed E-state index contributed by atoms with van der Waals surface area (Å²) in [4.78, 5) is 0. The van der Waals surface area contributed by atoms with E-state index in [9.17, 15) is 0 Å². The SMILES string of the molecule is CNC1C2CCC1NC2. The molecule has 2 nitrogen and oxygen atoms in total. The number of piperidine rings is 1. The van der Waals surface area contributed by atoms with E-state index in [1.165, 1.54) is 19.4 Å². The van der Waals surface area contributed by atoms with Gasteiger partial charge < -0.3 is 10.6 Å². The van der Waals surface area contributed by atoms with Crippen molar-refractivity contribution in [1.29, 1.82) is 0 Å². The number of hydrogen-bond donors (Lipinski definition) is 2. The summed E-state index contributed by atoms with van der Waals surface area (Å²) in [6, 6.07) is 1.57. The van der Waals surface area contributed by atoms with E-state index < -0.39 is 0 Å². The highest BCUT2D eigenvalue weighted by Gasteiger charge is 2.40. The maximum Gasteiger partial charge on any atom is 0.0258 e. The van der Waals surface area contributed by atoms with E-state index in [2.05, 4.69) is 17.7 Å². The van der Waals surface area contributed by atoms with Gasteiger partial charge in [-0.25, -0.2) is 0 Å². The predicted molar refractivity (Wildman–Crippen MR) is 37.4 cm³/mol. The highest BCUT2D eigenvalue weighted by Crippen LogP contribution is 2.30.